The van der Waals surface area contributed by atoms with Gasteiger partial charge in [0.25, 0.3) is 0 Å². The Morgan fingerprint density at radius 2 is 1.78 bits per heavy atom. The maximum atomic E-state index is 10.4. The lowest BCUT2D eigenvalue weighted by atomic mass is 9.92. The predicted octanol–water partition coefficient (Wildman–Crippen LogP) is 2.46. The summed E-state index contributed by atoms with van der Waals surface area (Å²) in [7, 11) is 2.86. The number of rotatable bonds is 9. The number of aliphatic hydroxyl groups is 3. The molecule has 32 heavy (non-hydrogen) atoms. The molecule has 0 radical (unpaired) electrons. The van der Waals surface area contributed by atoms with Gasteiger partial charge in [0.05, 0.1) is 6.61 Å². The van der Waals surface area contributed by atoms with Gasteiger partial charge >= 0.3 is 0 Å². The van der Waals surface area contributed by atoms with Crippen LogP contribution in [0.25, 0.3) is 0 Å². The van der Waals surface area contributed by atoms with Crippen LogP contribution in [0.1, 0.15) is 29.2 Å². The van der Waals surface area contributed by atoms with E-state index in [0.717, 1.165) is 16.9 Å². The van der Waals surface area contributed by atoms with Crippen LogP contribution in [0, 0.1) is 0 Å². The van der Waals surface area contributed by atoms with E-state index in [0.29, 0.717) is 30.0 Å². The standard InChI is InChI=1S/C23H28ClNO7/c1-29-23-21(28)19(26)20(27)22(32-23)15-6-9-18(24)16(13-15)12-14-4-7-17(8-5-14)31-11-3-10-25-30-2/h4-10,13,19-23,26-28H,3,11-12H2,1-2H3/b25-10+/t19-,20-,21+,22?,23+/m1/s1. The molecule has 0 aliphatic carbocycles. The van der Waals surface area contributed by atoms with Gasteiger partial charge in [0.1, 0.15) is 37.3 Å². The summed E-state index contributed by atoms with van der Waals surface area (Å²) < 4.78 is 16.4. The van der Waals surface area contributed by atoms with Crippen LogP contribution in [0.15, 0.2) is 47.6 Å². The van der Waals surface area contributed by atoms with Gasteiger partial charge in [-0.25, -0.2) is 0 Å². The number of methoxy groups -OCH3 is 1. The number of hydrogen-bond donors (Lipinski definition) is 3. The highest BCUT2D eigenvalue weighted by atomic mass is 35.5. The van der Waals surface area contributed by atoms with E-state index in [1.807, 2.05) is 30.3 Å². The van der Waals surface area contributed by atoms with Gasteiger partial charge in [0, 0.05) is 24.8 Å². The third-order valence-electron chi connectivity index (χ3n) is 5.21. The summed E-state index contributed by atoms with van der Waals surface area (Å²) in [5, 5.41) is 34.8. The van der Waals surface area contributed by atoms with E-state index in [2.05, 4.69) is 9.99 Å². The van der Waals surface area contributed by atoms with Crippen molar-refractivity contribution in [3.8, 4) is 5.75 Å². The van der Waals surface area contributed by atoms with Gasteiger partial charge in [-0.3, -0.25) is 0 Å². The fourth-order valence-corrected chi connectivity index (χ4v) is 3.69. The molecule has 3 N–H and O–H groups in total. The lowest BCUT2D eigenvalue weighted by molar-refractivity contribution is -0.292. The minimum absolute atomic E-state index is 0.493. The van der Waals surface area contributed by atoms with Crippen LogP contribution in [-0.2, 0) is 20.7 Å². The number of benzene rings is 2. The van der Waals surface area contributed by atoms with E-state index in [1.54, 1.807) is 18.3 Å². The summed E-state index contributed by atoms with van der Waals surface area (Å²) in [5.41, 5.74) is 2.48. The number of nitrogens with zero attached hydrogens (tertiary/aromatic N) is 1. The maximum Gasteiger partial charge on any atom is 0.186 e. The van der Waals surface area contributed by atoms with Gasteiger partial charge in [-0.15, -0.1) is 0 Å². The zero-order chi connectivity index (χ0) is 23.1. The van der Waals surface area contributed by atoms with Gasteiger partial charge in [0.2, 0.25) is 0 Å². The van der Waals surface area contributed by atoms with Crippen molar-refractivity contribution in [3.63, 3.8) is 0 Å². The van der Waals surface area contributed by atoms with Crippen LogP contribution >= 0.6 is 11.6 Å². The topological polar surface area (TPSA) is 110 Å². The van der Waals surface area contributed by atoms with Crippen molar-refractivity contribution in [2.24, 2.45) is 5.16 Å². The molecule has 1 aliphatic rings. The predicted molar refractivity (Wildman–Crippen MR) is 119 cm³/mol. The molecule has 174 valence electrons. The first-order chi connectivity index (χ1) is 15.4. The Bertz CT molecular complexity index is 890. The Kier molecular flexibility index (Phi) is 8.86. The maximum absolute atomic E-state index is 10.4. The minimum Gasteiger partial charge on any atom is -0.493 e. The SMILES string of the molecule is CO/N=C/CCOc1ccc(Cc2cc(C3O[C@H](OC)[C@@H](O)[C@H](O)[C@H]3O)ccc2Cl)cc1. The third-order valence-corrected chi connectivity index (χ3v) is 5.58. The zero-order valence-corrected chi connectivity index (χ0v) is 18.7. The molecule has 0 bridgehead atoms. The Labute approximate surface area is 191 Å². The van der Waals surface area contributed by atoms with Gasteiger partial charge in [-0.1, -0.05) is 41.0 Å². The molecule has 0 amide bonds. The largest absolute Gasteiger partial charge is 0.493 e. The second-order valence-electron chi connectivity index (χ2n) is 7.41. The molecule has 0 saturated carbocycles. The second kappa shape index (κ2) is 11.6. The highest BCUT2D eigenvalue weighted by Gasteiger charge is 2.44. The molecule has 2 aromatic rings. The molecule has 1 fully saturated rings. The van der Waals surface area contributed by atoms with Crippen molar-refractivity contribution < 1.29 is 34.4 Å². The highest BCUT2D eigenvalue weighted by molar-refractivity contribution is 6.31. The van der Waals surface area contributed by atoms with E-state index in [9.17, 15) is 15.3 Å². The first kappa shape index (κ1) is 24.4. The zero-order valence-electron chi connectivity index (χ0n) is 17.9. The van der Waals surface area contributed by atoms with Crippen LogP contribution < -0.4 is 4.74 Å². The van der Waals surface area contributed by atoms with Crippen molar-refractivity contribution in [3.05, 3.63) is 64.2 Å². The summed E-state index contributed by atoms with van der Waals surface area (Å²) in [6.07, 6.45) is -3.13. The summed E-state index contributed by atoms with van der Waals surface area (Å²) >= 11 is 6.41. The lowest BCUT2D eigenvalue weighted by Gasteiger charge is -2.40. The average Bonchev–Trinajstić information content (AvgIpc) is 2.80. The molecule has 3 rings (SSSR count). The molecule has 1 aliphatic heterocycles. The Balaban J connectivity index is 1.69. The summed E-state index contributed by atoms with van der Waals surface area (Å²) in [4.78, 5) is 4.60. The third kappa shape index (κ3) is 5.98. The van der Waals surface area contributed by atoms with Crippen molar-refractivity contribution in [1.29, 1.82) is 0 Å². The van der Waals surface area contributed by atoms with E-state index in [-0.39, 0.29) is 0 Å². The Hall–Kier alpha value is -2.20. The fraction of sp³-hybridized carbons (Fsp3) is 0.435. The second-order valence-corrected chi connectivity index (χ2v) is 7.82. The van der Waals surface area contributed by atoms with Crippen molar-refractivity contribution in [1.82, 2.24) is 0 Å². The molecule has 1 heterocycles. The molecule has 8 nitrogen and oxygen atoms in total. The van der Waals surface area contributed by atoms with E-state index >= 15 is 0 Å². The number of ether oxygens (including phenoxy) is 3. The summed E-state index contributed by atoms with van der Waals surface area (Å²) in [5.74, 6) is 0.747. The van der Waals surface area contributed by atoms with Gasteiger partial charge in [-0.2, -0.15) is 0 Å². The van der Waals surface area contributed by atoms with Crippen molar-refractivity contribution in [2.75, 3.05) is 20.8 Å². The van der Waals surface area contributed by atoms with E-state index < -0.39 is 30.7 Å². The summed E-state index contributed by atoms with van der Waals surface area (Å²) in [6, 6.07) is 12.9. The number of aliphatic hydroxyl groups excluding tert-OH is 3. The van der Waals surface area contributed by atoms with Gasteiger partial charge < -0.3 is 34.4 Å². The normalized spacial score (nSPS) is 25.8. The van der Waals surface area contributed by atoms with Gasteiger partial charge in [-0.05, 0) is 41.3 Å². The lowest BCUT2D eigenvalue weighted by Crippen LogP contribution is -2.54. The molecule has 1 saturated heterocycles. The quantitative estimate of drug-likeness (QED) is 0.296. The van der Waals surface area contributed by atoms with Crippen LogP contribution in [0.4, 0.5) is 0 Å². The molecule has 9 heteroatoms. The fourth-order valence-electron chi connectivity index (χ4n) is 3.51. The molecule has 0 aromatic heterocycles. The van der Waals surface area contributed by atoms with Crippen LogP contribution in [0.2, 0.25) is 5.02 Å². The van der Waals surface area contributed by atoms with Crippen LogP contribution in [-0.4, -0.2) is 67.0 Å². The number of oxime groups is 1. The first-order valence-electron chi connectivity index (χ1n) is 10.2. The van der Waals surface area contributed by atoms with Gasteiger partial charge in [0.15, 0.2) is 6.29 Å². The number of halogens is 1. The number of hydrogen-bond acceptors (Lipinski definition) is 8. The minimum atomic E-state index is -1.40. The molecular formula is C23H28ClNO7. The summed E-state index contributed by atoms with van der Waals surface area (Å²) in [6.45, 7) is 0.493. The smallest absolute Gasteiger partial charge is 0.186 e. The Morgan fingerprint density at radius 3 is 2.47 bits per heavy atom. The van der Waals surface area contributed by atoms with E-state index in [4.69, 9.17) is 25.8 Å². The van der Waals surface area contributed by atoms with Crippen molar-refractivity contribution >= 4 is 17.8 Å². The van der Waals surface area contributed by atoms with Crippen LogP contribution in [0.3, 0.4) is 0 Å². The molecule has 1 unspecified atom stereocenters. The first-order valence-corrected chi connectivity index (χ1v) is 10.6. The van der Waals surface area contributed by atoms with Crippen LogP contribution in [0.5, 0.6) is 5.75 Å². The average molecular weight is 466 g/mol. The Morgan fingerprint density at radius 1 is 1.03 bits per heavy atom. The van der Waals surface area contributed by atoms with Crippen molar-refractivity contribution in [2.45, 2.75) is 43.5 Å². The molecule has 2 aromatic carbocycles. The molecule has 5 atom stereocenters. The monoisotopic (exact) mass is 465 g/mol. The molecule has 0 spiro atoms. The molecular weight excluding hydrogens is 438 g/mol. The highest BCUT2D eigenvalue weighted by Crippen LogP contribution is 2.34. The van der Waals surface area contributed by atoms with E-state index in [1.165, 1.54) is 14.2 Å².